The second-order valence-electron chi connectivity index (χ2n) is 8.59. The van der Waals surface area contributed by atoms with E-state index in [1.807, 2.05) is 37.3 Å². The molecule has 196 valence electrons. The zero-order valence-electron chi connectivity index (χ0n) is 21.0. The van der Waals surface area contributed by atoms with Crippen LogP contribution in [0, 0.1) is 5.82 Å². The van der Waals surface area contributed by atoms with Crippen LogP contribution in [0.2, 0.25) is 0 Å². The molecule has 0 saturated heterocycles. The molecule has 2 amide bonds. The van der Waals surface area contributed by atoms with Crippen LogP contribution < -0.4 is 9.62 Å². The van der Waals surface area contributed by atoms with E-state index in [9.17, 15) is 22.4 Å². The highest BCUT2D eigenvalue weighted by molar-refractivity contribution is 7.92. The van der Waals surface area contributed by atoms with Crippen LogP contribution in [-0.2, 0) is 26.0 Å². The summed E-state index contributed by atoms with van der Waals surface area (Å²) in [5.74, 6) is -1.39. The molecule has 3 aromatic carbocycles. The summed E-state index contributed by atoms with van der Waals surface area (Å²) >= 11 is 0. The van der Waals surface area contributed by atoms with Crippen molar-refractivity contribution in [1.82, 2.24) is 10.2 Å². The van der Waals surface area contributed by atoms with E-state index < -0.39 is 34.3 Å². The van der Waals surface area contributed by atoms with E-state index in [0.717, 1.165) is 28.4 Å². The van der Waals surface area contributed by atoms with Crippen LogP contribution in [0.5, 0.6) is 0 Å². The molecule has 0 aromatic heterocycles. The third-order valence-corrected chi connectivity index (χ3v) is 7.71. The van der Waals surface area contributed by atoms with Gasteiger partial charge in [0, 0.05) is 13.1 Å². The van der Waals surface area contributed by atoms with Crippen molar-refractivity contribution in [2.24, 2.45) is 0 Å². The normalized spacial score (nSPS) is 12.0. The molecule has 3 rings (SSSR count). The molecule has 0 aliphatic heterocycles. The van der Waals surface area contributed by atoms with Crippen molar-refractivity contribution in [2.75, 3.05) is 23.9 Å². The molecule has 37 heavy (non-hydrogen) atoms. The molecule has 7 nitrogen and oxygen atoms in total. The highest BCUT2D eigenvalue weighted by Crippen LogP contribution is 2.24. The van der Waals surface area contributed by atoms with Gasteiger partial charge in [-0.25, -0.2) is 12.8 Å². The van der Waals surface area contributed by atoms with Gasteiger partial charge in [-0.15, -0.1) is 0 Å². The number of halogens is 1. The van der Waals surface area contributed by atoms with Crippen LogP contribution in [0.15, 0.2) is 89.8 Å². The zero-order chi connectivity index (χ0) is 26.8. The van der Waals surface area contributed by atoms with Gasteiger partial charge in [0.05, 0.1) is 10.6 Å². The first-order chi connectivity index (χ1) is 17.7. The summed E-state index contributed by atoms with van der Waals surface area (Å²) in [5.41, 5.74) is 1.12. The smallest absolute Gasteiger partial charge is 0.264 e. The SMILES string of the molecule is CCCNC(=O)[C@@H](C)N(CCc1ccccc1)C(=O)CN(c1ccc(F)cc1)S(=O)(=O)c1ccccc1. The Morgan fingerprint density at radius 2 is 1.51 bits per heavy atom. The molecule has 0 unspecified atom stereocenters. The van der Waals surface area contributed by atoms with Gasteiger partial charge in [0.2, 0.25) is 11.8 Å². The van der Waals surface area contributed by atoms with Crippen LogP contribution in [0.4, 0.5) is 10.1 Å². The second-order valence-corrected chi connectivity index (χ2v) is 10.5. The number of nitrogens with one attached hydrogen (secondary N) is 1. The van der Waals surface area contributed by atoms with E-state index in [1.54, 1.807) is 25.1 Å². The van der Waals surface area contributed by atoms with Crippen molar-refractivity contribution >= 4 is 27.5 Å². The van der Waals surface area contributed by atoms with Crippen LogP contribution in [0.25, 0.3) is 0 Å². The van der Waals surface area contributed by atoms with Gasteiger partial charge in [0.25, 0.3) is 10.0 Å². The monoisotopic (exact) mass is 525 g/mol. The Kier molecular flexibility index (Phi) is 9.79. The molecule has 0 aliphatic rings. The summed E-state index contributed by atoms with van der Waals surface area (Å²) in [6, 6.07) is 21.3. The van der Waals surface area contributed by atoms with Gasteiger partial charge in [0.1, 0.15) is 18.4 Å². The Balaban J connectivity index is 1.94. The fraction of sp³-hybridized carbons (Fsp3) is 0.286. The molecule has 0 spiro atoms. The van der Waals surface area contributed by atoms with Gasteiger partial charge < -0.3 is 10.2 Å². The summed E-state index contributed by atoms with van der Waals surface area (Å²) in [6.45, 7) is 3.68. The number of amides is 2. The summed E-state index contributed by atoms with van der Waals surface area (Å²) in [5, 5.41) is 2.81. The number of sulfonamides is 1. The molecule has 0 radical (unpaired) electrons. The average molecular weight is 526 g/mol. The van der Waals surface area contributed by atoms with Gasteiger partial charge >= 0.3 is 0 Å². The maximum absolute atomic E-state index is 13.7. The van der Waals surface area contributed by atoms with Crippen LogP contribution in [0.3, 0.4) is 0 Å². The van der Waals surface area contributed by atoms with E-state index in [1.165, 1.54) is 29.2 Å². The number of hydrogen-bond donors (Lipinski definition) is 1. The van der Waals surface area contributed by atoms with Crippen molar-refractivity contribution in [3.05, 3.63) is 96.3 Å². The van der Waals surface area contributed by atoms with E-state index in [0.29, 0.717) is 13.0 Å². The molecule has 0 saturated carbocycles. The highest BCUT2D eigenvalue weighted by Gasteiger charge is 2.32. The van der Waals surface area contributed by atoms with Gasteiger partial charge in [-0.3, -0.25) is 13.9 Å². The number of carbonyl (C=O) groups excluding carboxylic acids is 2. The van der Waals surface area contributed by atoms with Crippen LogP contribution in [0.1, 0.15) is 25.8 Å². The second kappa shape index (κ2) is 13.0. The maximum atomic E-state index is 13.7. The van der Waals surface area contributed by atoms with Crippen LogP contribution in [-0.4, -0.2) is 50.8 Å². The Bertz CT molecular complexity index is 1270. The summed E-state index contributed by atoms with van der Waals surface area (Å²) in [7, 11) is -4.16. The quantitative estimate of drug-likeness (QED) is 0.387. The molecule has 0 heterocycles. The average Bonchev–Trinajstić information content (AvgIpc) is 2.92. The third-order valence-electron chi connectivity index (χ3n) is 5.93. The number of anilines is 1. The first-order valence-electron chi connectivity index (χ1n) is 12.2. The van der Waals surface area contributed by atoms with E-state index in [4.69, 9.17) is 0 Å². The minimum atomic E-state index is -4.16. The fourth-order valence-electron chi connectivity index (χ4n) is 3.82. The predicted octanol–water partition coefficient (Wildman–Crippen LogP) is 4.01. The number of rotatable bonds is 12. The lowest BCUT2D eigenvalue weighted by Crippen LogP contribution is -2.52. The zero-order valence-corrected chi connectivity index (χ0v) is 21.8. The molecule has 1 atom stereocenters. The van der Waals surface area contributed by atoms with Crippen molar-refractivity contribution in [2.45, 2.75) is 37.6 Å². The van der Waals surface area contributed by atoms with Gasteiger partial charge in [-0.05, 0) is 61.7 Å². The van der Waals surface area contributed by atoms with Crippen molar-refractivity contribution in [3.8, 4) is 0 Å². The maximum Gasteiger partial charge on any atom is 0.264 e. The molecular formula is C28H32FN3O4S. The molecular weight excluding hydrogens is 493 g/mol. The number of benzene rings is 3. The first kappa shape index (κ1) is 27.9. The lowest BCUT2D eigenvalue weighted by atomic mass is 10.1. The topological polar surface area (TPSA) is 86.8 Å². The Morgan fingerprint density at radius 3 is 2.11 bits per heavy atom. The lowest BCUT2D eigenvalue weighted by molar-refractivity contribution is -0.138. The highest BCUT2D eigenvalue weighted by atomic mass is 32.2. The molecule has 1 N–H and O–H groups in total. The van der Waals surface area contributed by atoms with E-state index >= 15 is 0 Å². The summed E-state index contributed by atoms with van der Waals surface area (Å²) < 4.78 is 41.8. The fourth-order valence-corrected chi connectivity index (χ4v) is 5.26. The largest absolute Gasteiger partial charge is 0.354 e. The number of nitrogens with zero attached hydrogens (tertiary/aromatic N) is 2. The minimum absolute atomic E-state index is 0.00306. The van der Waals surface area contributed by atoms with Crippen molar-refractivity contribution < 1.29 is 22.4 Å². The van der Waals surface area contributed by atoms with E-state index in [2.05, 4.69) is 5.32 Å². The Hall–Kier alpha value is -3.72. The van der Waals surface area contributed by atoms with Gasteiger partial charge in [-0.1, -0.05) is 55.5 Å². The van der Waals surface area contributed by atoms with Crippen molar-refractivity contribution in [1.29, 1.82) is 0 Å². The molecule has 3 aromatic rings. The minimum Gasteiger partial charge on any atom is -0.354 e. The number of carbonyl (C=O) groups is 2. The first-order valence-corrected chi connectivity index (χ1v) is 13.6. The Labute approximate surface area is 218 Å². The third kappa shape index (κ3) is 7.39. The standard InChI is InChI=1S/C28H32FN3O4S/c1-3-19-30-28(34)22(2)31(20-18-23-10-6-4-7-11-23)27(33)21-32(25-16-14-24(29)15-17-25)37(35,36)26-12-8-5-9-13-26/h4-17,22H,3,18-21H2,1-2H3,(H,30,34)/t22-/m1/s1. The van der Waals surface area contributed by atoms with Crippen molar-refractivity contribution in [3.63, 3.8) is 0 Å². The molecule has 0 fully saturated rings. The summed E-state index contributed by atoms with van der Waals surface area (Å²) in [6.07, 6.45) is 1.23. The van der Waals surface area contributed by atoms with Gasteiger partial charge in [-0.2, -0.15) is 0 Å². The Morgan fingerprint density at radius 1 is 0.919 bits per heavy atom. The molecule has 9 heteroatoms. The molecule has 0 aliphatic carbocycles. The van der Waals surface area contributed by atoms with Crippen LogP contribution >= 0.6 is 0 Å². The number of hydrogen-bond acceptors (Lipinski definition) is 4. The lowest BCUT2D eigenvalue weighted by Gasteiger charge is -2.32. The van der Waals surface area contributed by atoms with E-state index in [-0.39, 0.29) is 23.0 Å². The molecule has 0 bridgehead atoms. The van der Waals surface area contributed by atoms with Gasteiger partial charge in [0.15, 0.2) is 0 Å². The predicted molar refractivity (Wildman–Crippen MR) is 142 cm³/mol. The summed E-state index contributed by atoms with van der Waals surface area (Å²) in [4.78, 5) is 27.9.